The summed E-state index contributed by atoms with van der Waals surface area (Å²) in [7, 11) is 0. The molecule has 62 heavy (non-hydrogen) atoms. The molecule has 5 saturated heterocycles. The highest BCUT2D eigenvalue weighted by Crippen LogP contribution is 2.71. The number of rotatable bonds is 7. The molecule has 9 rings (SSSR count). The lowest BCUT2D eigenvalue weighted by Crippen LogP contribution is -2.66. The number of hydrogen-bond acceptors (Lipinski definition) is 17. The molecule has 0 radical (unpaired) electrons. The van der Waals surface area contributed by atoms with Crippen molar-refractivity contribution in [2.24, 2.45) is 52.3 Å². The maximum atomic E-state index is 12.1. The van der Waals surface area contributed by atoms with Crippen molar-refractivity contribution in [3.05, 3.63) is 0 Å². The highest BCUT2D eigenvalue weighted by Gasteiger charge is 2.70. The summed E-state index contributed by atoms with van der Waals surface area (Å²) < 4.78 is 49.5. The summed E-state index contributed by atoms with van der Waals surface area (Å²) in [6.45, 7) is 12.6. The molecule has 9 fully saturated rings. The monoisotopic (exact) mass is 886 g/mol. The zero-order valence-electron chi connectivity index (χ0n) is 37.0. The Labute approximate surface area is 364 Å². The average Bonchev–Trinajstić information content (AvgIpc) is 3.69. The number of fused-ring (bicyclic) bond motifs is 7. The Morgan fingerprint density at radius 1 is 0.581 bits per heavy atom. The van der Waals surface area contributed by atoms with Crippen molar-refractivity contribution in [3.8, 4) is 0 Å². The van der Waals surface area contributed by atoms with Crippen LogP contribution in [0.2, 0.25) is 0 Å². The standard InChI is InChI=1S/C45H74O17/c1-18-7-12-45(55-17-18)19(2)30-28(62-45)15-25-23-14-27(47)26-13-22(8-10-43(26,5)24(23)9-11-44(25,30)6)58-42-39(34(51)32(49)29(16-46)59-42)61-41-37(54)35(52)38(21(4)57-41)60-40-36(53)33(50)31(48)20(3)56-40/h18-42,46-54H,7-17H2,1-6H3/t18-,19+,20+,21+,22+,23-,24+,25+,26-,27+,28+,29-,30+,31+,32-,33-,34+,35+,36-,37-,38+,39-,40+,41+,42-,43-,44+,45-/m1/s1. The molecule has 5 aliphatic heterocycles. The SMILES string of the molecule is C[C@@H]1CC[C@@]2(OC1)O[C@H]1C[C@H]3[C@@H]4C[C@H](O)[C@H]5C[C@@H](O[C@@H]6O[C@H](CO)[C@@H](O)[C@H](O)[C@H]6O[C@@H]6O[C@@H](C)[C@H](O[C@@H]7O[C@@H](C)[C@H](O)[C@@H](O)[C@H]7O)[C@@H](O)[C@H]6O)CC[C@]5(C)[C@H]4CC[C@]3(C)[C@H]1[C@@H]2C. The quantitative estimate of drug-likeness (QED) is 0.156. The number of aliphatic hydroxyl groups excluding tert-OH is 9. The highest BCUT2D eigenvalue weighted by molar-refractivity contribution is 5.16. The average molecular weight is 887 g/mol. The van der Waals surface area contributed by atoms with Crippen LogP contribution in [0.5, 0.6) is 0 Å². The minimum Gasteiger partial charge on any atom is -0.394 e. The summed E-state index contributed by atoms with van der Waals surface area (Å²) >= 11 is 0. The van der Waals surface area contributed by atoms with E-state index in [0.717, 1.165) is 45.1 Å². The Balaban J connectivity index is 0.860. The van der Waals surface area contributed by atoms with Crippen LogP contribution >= 0.6 is 0 Å². The maximum absolute atomic E-state index is 12.1. The van der Waals surface area contributed by atoms with E-state index >= 15 is 0 Å². The van der Waals surface area contributed by atoms with Crippen LogP contribution in [-0.4, -0.2) is 175 Å². The Morgan fingerprint density at radius 2 is 1.24 bits per heavy atom. The minimum atomic E-state index is -1.77. The van der Waals surface area contributed by atoms with Gasteiger partial charge in [-0.15, -0.1) is 0 Å². The second kappa shape index (κ2) is 17.1. The summed E-state index contributed by atoms with van der Waals surface area (Å²) in [5.74, 6) is 2.02. The first kappa shape index (κ1) is 46.4. The molecule has 17 heteroatoms. The van der Waals surface area contributed by atoms with E-state index in [2.05, 4.69) is 27.7 Å². The summed E-state index contributed by atoms with van der Waals surface area (Å²) in [5.41, 5.74) is -0.0212. The molecule has 1 spiro atoms. The van der Waals surface area contributed by atoms with Gasteiger partial charge in [-0.3, -0.25) is 0 Å². The molecular weight excluding hydrogens is 812 g/mol. The van der Waals surface area contributed by atoms with Crippen molar-refractivity contribution < 1.29 is 83.9 Å². The summed E-state index contributed by atoms with van der Waals surface area (Å²) in [4.78, 5) is 0. The van der Waals surface area contributed by atoms with Crippen molar-refractivity contribution in [1.82, 2.24) is 0 Å². The van der Waals surface area contributed by atoms with Gasteiger partial charge in [-0.25, -0.2) is 0 Å². The molecule has 4 saturated carbocycles. The van der Waals surface area contributed by atoms with Gasteiger partial charge in [0.25, 0.3) is 0 Å². The van der Waals surface area contributed by atoms with Crippen LogP contribution in [0.3, 0.4) is 0 Å². The molecule has 0 aromatic heterocycles. The van der Waals surface area contributed by atoms with Gasteiger partial charge in [0.2, 0.25) is 0 Å². The van der Waals surface area contributed by atoms with Gasteiger partial charge in [0.05, 0.1) is 43.7 Å². The van der Waals surface area contributed by atoms with Crippen molar-refractivity contribution in [3.63, 3.8) is 0 Å². The Bertz CT molecular complexity index is 1570. The van der Waals surface area contributed by atoms with E-state index < -0.39 is 117 Å². The molecule has 28 atom stereocenters. The van der Waals surface area contributed by atoms with E-state index in [4.69, 9.17) is 37.9 Å². The third-order valence-corrected chi connectivity index (χ3v) is 18.2. The molecule has 0 amide bonds. The second-order valence-electron chi connectivity index (χ2n) is 21.6. The van der Waals surface area contributed by atoms with Gasteiger partial charge in [-0.05, 0) is 112 Å². The van der Waals surface area contributed by atoms with Crippen LogP contribution in [0.1, 0.15) is 99.3 Å². The first-order valence-electron chi connectivity index (χ1n) is 23.6. The van der Waals surface area contributed by atoms with Gasteiger partial charge in [0.15, 0.2) is 24.7 Å². The molecule has 5 heterocycles. The lowest BCUT2D eigenvalue weighted by Gasteiger charge is -2.62. The van der Waals surface area contributed by atoms with Gasteiger partial charge in [0.1, 0.15) is 61.0 Å². The molecule has 0 aromatic carbocycles. The predicted molar refractivity (Wildman–Crippen MR) is 214 cm³/mol. The number of hydrogen-bond donors (Lipinski definition) is 9. The second-order valence-corrected chi connectivity index (χ2v) is 21.6. The topological polar surface area (TPSA) is 256 Å². The van der Waals surface area contributed by atoms with Gasteiger partial charge < -0.3 is 83.9 Å². The van der Waals surface area contributed by atoms with E-state index in [0.29, 0.717) is 54.8 Å². The number of aliphatic hydroxyl groups is 9. The Hall–Kier alpha value is -0.680. The molecule has 9 aliphatic rings. The molecule has 0 unspecified atom stereocenters. The van der Waals surface area contributed by atoms with Crippen molar-refractivity contribution >= 4 is 0 Å². The summed E-state index contributed by atoms with van der Waals surface area (Å²) in [6, 6.07) is 0. The molecule has 0 aromatic rings. The van der Waals surface area contributed by atoms with Crippen LogP contribution in [0.15, 0.2) is 0 Å². The normalized spacial score (nSPS) is 60.1. The molecule has 9 N–H and O–H groups in total. The van der Waals surface area contributed by atoms with Gasteiger partial charge in [-0.1, -0.05) is 27.7 Å². The molecular formula is C45H74O17. The van der Waals surface area contributed by atoms with Crippen LogP contribution in [0.25, 0.3) is 0 Å². The molecule has 17 nitrogen and oxygen atoms in total. The number of ether oxygens (including phenoxy) is 8. The third-order valence-electron chi connectivity index (χ3n) is 18.2. The van der Waals surface area contributed by atoms with Crippen LogP contribution in [-0.2, 0) is 37.9 Å². The first-order chi connectivity index (χ1) is 29.3. The van der Waals surface area contributed by atoms with E-state index in [1.165, 1.54) is 13.8 Å². The zero-order valence-corrected chi connectivity index (χ0v) is 37.0. The first-order valence-corrected chi connectivity index (χ1v) is 23.6. The van der Waals surface area contributed by atoms with Crippen molar-refractivity contribution in [2.75, 3.05) is 13.2 Å². The van der Waals surface area contributed by atoms with E-state index in [-0.39, 0.29) is 22.9 Å². The maximum Gasteiger partial charge on any atom is 0.187 e. The summed E-state index contributed by atoms with van der Waals surface area (Å²) in [5, 5.41) is 97.9. The van der Waals surface area contributed by atoms with E-state index in [1.807, 2.05) is 0 Å². The van der Waals surface area contributed by atoms with Crippen LogP contribution in [0.4, 0.5) is 0 Å². The molecule has 356 valence electrons. The van der Waals surface area contributed by atoms with Gasteiger partial charge in [0, 0.05) is 12.3 Å². The Kier molecular flexibility index (Phi) is 12.8. The van der Waals surface area contributed by atoms with Crippen LogP contribution in [0, 0.1) is 52.3 Å². The summed E-state index contributed by atoms with van der Waals surface area (Å²) in [6.07, 6.45) is -14.4. The fourth-order valence-corrected chi connectivity index (χ4v) is 14.6. The van der Waals surface area contributed by atoms with Crippen molar-refractivity contribution in [1.29, 1.82) is 0 Å². The van der Waals surface area contributed by atoms with E-state index in [1.54, 1.807) is 0 Å². The minimum absolute atomic E-state index is 0.0635. The van der Waals surface area contributed by atoms with Crippen molar-refractivity contribution in [2.45, 2.75) is 216 Å². The molecule has 4 aliphatic carbocycles. The van der Waals surface area contributed by atoms with E-state index in [9.17, 15) is 46.0 Å². The third kappa shape index (κ3) is 7.47. The smallest absolute Gasteiger partial charge is 0.187 e. The fraction of sp³-hybridized carbons (Fsp3) is 1.00. The fourth-order valence-electron chi connectivity index (χ4n) is 14.6. The zero-order chi connectivity index (χ0) is 44.4. The largest absolute Gasteiger partial charge is 0.394 e. The van der Waals surface area contributed by atoms with Gasteiger partial charge >= 0.3 is 0 Å². The molecule has 0 bridgehead atoms. The van der Waals surface area contributed by atoms with Gasteiger partial charge in [-0.2, -0.15) is 0 Å². The highest BCUT2D eigenvalue weighted by atomic mass is 16.8. The van der Waals surface area contributed by atoms with Crippen LogP contribution < -0.4 is 0 Å². The Morgan fingerprint density at radius 3 is 1.94 bits per heavy atom. The lowest BCUT2D eigenvalue weighted by molar-refractivity contribution is -0.384. The lowest BCUT2D eigenvalue weighted by atomic mass is 9.43. The predicted octanol–water partition coefficient (Wildman–Crippen LogP) is 0.292.